The quantitative estimate of drug-likeness (QED) is 0.223. The number of ether oxygens (including phenoxy) is 1. The van der Waals surface area contributed by atoms with Gasteiger partial charge in [-0.15, -0.1) is 0 Å². The number of phenols is 3. The number of nitrogen functional groups attached to an aromatic ring is 1. The summed E-state index contributed by atoms with van der Waals surface area (Å²) in [5, 5.41) is 52.0. The summed E-state index contributed by atoms with van der Waals surface area (Å²) in [5.74, 6) is -0.774. The molecule has 0 bridgehead atoms. The monoisotopic (exact) mass is 505 g/mol. The maximum Gasteiger partial charge on any atom is 0.196 e. The van der Waals surface area contributed by atoms with Gasteiger partial charge in [-0.25, -0.2) is 0 Å². The first-order valence-corrected chi connectivity index (χ1v) is 11.8. The molecule has 1 aromatic heterocycles. The van der Waals surface area contributed by atoms with Gasteiger partial charge in [0.15, 0.2) is 5.43 Å². The smallest absolute Gasteiger partial charge is 0.196 e. The largest absolute Gasteiger partial charge is 0.508 e. The molecule has 3 atom stereocenters. The predicted octanol–water partition coefficient (Wildman–Crippen LogP) is 3.26. The lowest BCUT2D eigenvalue weighted by Gasteiger charge is -2.40. The second kappa shape index (κ2) is 9.02. The highest BCUT2D eigenvalue weighted by atomic mass is 16.5. The Morgan fingerprint density at radius 3 is 2.41 bits per heavy atom. The molecule has 9 nitrogen and oxygen atoms in total. The van der Waals surface area contributed by atoms with Crippen LogP contribution in [0.3, 0.4) is 0 Å². The van der Waals surface area contributed by atoms with Gasteiger partial charge in [0.2, 0.25) is 0 Å². The number of aromatic hydroxyl groups is 3. The van der Waals surface area contributed by atoms with Crippen molar-refractivity contribution in [3.05, 3.63) is 87.3 Å². The van der Waals surface area contributed by atoms with Gasteiger partial charge in [0.05, 0.1) is 6.10 Å². The number of hydrogen-bond donors (Lipinski definition) is 6. The minimum absolute atomic E-state index is 0.0144. The summed E-state index contributed by atoms with van der Waals surface area (Å²) in [7, 11) is 0. The predicted molar refractivity (Wildman–Crippen MR) is 136 cm³/mol. The number of nitrogens with two attached hydrogens (primary N) is 1. The van der Waals surface area contributed by atoms with Crippen molar-refractivity contribution in [1.82, 2.24) is 0 Å². The van der Waals surface area contributed by atoms with Gasteiger partial charge in [-0.3, -0.25) is 4.79 Å². The Kier molecular flexibility index (Phi) is 5.97. The molecule has 0 spiro atoms. The number of rotatable bonds is 5. The topological polar surface area (TPSA) is 167 Å². The first kappa shape index (κ1) is 24.5. The van der Waals surface area contributed by atoms with Crippen molar-refractivity contribution >= 4 is 16.7 Å². The van der Waals surface area contributed by atoms with Crippen LogP contribution >= 0.6 is 0 Å². The van der Waals surface area contributed by atoms with Crippen LogP contribution in [0.4, 0.5) is 5.69 Å². The summed E-state index contributed by atoms with van der Waals surface area (Å²) >= 11 is 0. The molecule has 1 aliphatic rings. The summed E-state index contributed by atoms with van der Waals surface area (Å²) in [4.78, 5) is 12.9. The Morgan fingerprint density at radius 1 is 1.05 bits per heavy atom. The molecule has 0 saturated carbocycles. The molecule has 37 heavy (non-hydrogen) atoms. The van der Waals surface area contributed by atoms with Gasteiger partial charge in [-0.05, 0) is 55.2 Å². The van der Waals surface area contributed by atoms with Crippen LogP contribution in [0.25, 0.3) is 11.0 Å². The van der Waals surface area contributed by atoms with E-state index in [1.54, 1.807) is 6.92 Å². The van der Waals surface area contributed by atoms with Crippen LogP contribution in [0.15, 0.2) is 63.8 Å². The molecule has 1 aliphatic heterocycles. The van der Waals surface area contributed by atoms with Crippen LogP contribution < -0.4 is 15.9 Å². The Labute approximate surface area is 211 Å². The Balaban J connectivity index is 1.50. The average Bonchev–Trinajstić information content (AvgIpc) is 2.84. The molecule has 9 heteroatoms. The molecule has 7 N–H and O–H groups in total. The second-order valence-electron chi connectivity index (χ2n) is 9.65. The maximum atomic E-state index is 12.9. The van der Waals surface area contributed by atoms with E-state index in [2.05, 4.69) is 0 Å². The molecule has 0 unspecified atom stereocenters. The van der Waals surface area contributed by atoms with E-state index in [0.29, 0.717) is 24.1 Å². The minimum Gasteiger partial charge on any atom is -0.508 e. The van der Waals surface area contributed by atoms with Gasteiger partial charge in [0.1, 0.15) is 51.4 Å². The van der Waals surface area contributed by atoms with Crippen LogP contribution in [0.5, 0.6) is 23.0 Å². The molecule has 0 radical (unpaired) electrons. The number of benzene rings is 3. The van der Waals surface area contributed by atoms with Crippen molar-refractivity contribution in [1.29, 1.82) is 0 Å². The summed E-state index contributed by atoms with van der Waals surface area (Å²) in [6.07, 6.45) is -1.25. The second-order valence-corrected chi connectivity index (χ2v) is 9.65. The van der Waals surface area contributed by atoms with Gasteiger partial charge in [-0.2, -0.15) is 0 Å². The van der Waals surface area contributed by atoms with E-state index in [1.165, 1.54) is 18.2 Å². The lowest BCUT2D eigenvalue weighted by atomic mass is 9.84. The molecule has 0 fully saturated rings. The standard InChI is InChI=1S/C28H27NO8/c1-28(7-6-14-2-4-16(29)5-3-14)24(33)11-19-21(37-28)13-22-25(27(19)35)20(32)12-23(36-22)26(34)15-8-17(30)10-18(31)9-15/h2-5,8-10,12-13,24,26,30-31,33-35H,6-7,11,29H2,1H3/t24-,26-,28-/m1/s1. The van der Waals surface area contributed by atoms with Gasteiger partial charge < -0.3 is 40.4 Å². The van der Waals surface area contributed by atoms with E-state index in [1.807, 2.05) is 24.3 Å². The third-order valence-corrected chi connectivity index (χ3v) is 6.92. The van der Waals surface area contributed by atoms with Crippen LogP contribution in [0.2, 0.25) is 0 Å². The molecule has 0 saturated heterocycles. The van der Waals surface area contributed by atoms with Crippen LogP contribution in [0.1, 0.15) is 41.9 Å². The number of aliphatic hydroxyl groups is 2. The molecule has 0 amide bonds. The Morgan fingerprint density at radius 2 is 1.73 bits per heavy atom. The number of fused-ring (bicyclic) bond motifs is 2. The van der Waals surface area contributed by atoms with Gasteiger partial charge >= 0.3 is 0 Å². The van der Waals surface area contributed by atoms with Crippen molar-refractivity contribution in [2.45, 2.75) is 44.0 Å². The summed E-state index contributed by atoms with van der Waals surface area (Å²) in [6, 6.07) is 13.5. The molecule has 192 valence electrons. The normalized spacial score (nSPS) is 19.8. The zero-order valence-electron chi connectivity index (χ0n) is 20.0. The van der Waals surface area contributed by atoms with E-state index >= 15 is 0 Å². The lowest BCUT2D eigenvalue weighted by Crippen LogP contribution is -2.49. The highest BCUT2D eigenvalue weighted by Crippen LogP contribution is 2.44. The third kappa shape index (κ3) is 4.54. The van der Waals surface area contributed by atoms with E-state index in [4.69, 9.17) is 14.9 Å². The first-order chi connectivity index (χ1) is 17.5. The van der Waals surface area contributed by atoms with Gasteiger partial charge in [-0.1, -0.05) is 12.1 Å². The summed E-state index contributed by atoms with van der Waals surface area (Å²) in [6.45, 7) is 1.78. The van der Waals surface area contributed by atoms with E-state index < -0.39 is 23.2 Å². The highest BCUT2D eigenvalue weighted by molar-refractivity contribution is 5.87. The van der Waals surface area contributed by atoms with E-state index in [9.17, 15) is 30.3 Å². The fraction of sp³-hybridized carbons (Fsp3) is 0.250. The number of aryl methyl sites for hydroxylation is 1. The summed E-state index contributed by atoms with van der Waals surface area (Å²) in [5.41, 5.74) is 6.25. The fourth-order valence-electron chi connectivity index (χ4n) is 4.73. The fourth-order valence-corrected chi connectivity index (χ4v) is 4.73. The number of phenolic OH excluding ortho intramolecular Hbond substituents is 3. The number of aliphatic hydroxyl groups excluding tert-OH is 2. The molecular formula is C28H27NO8. The zero-order chi connectivity index (χ0) is 26.5. The third-order valence-electron chi connectivity index (χ3n) is 6.92. The lowest BCUT2D eigenvalue weighted by molar-refractivity contribution is -0.0595. The molecule has 4 aromatic rings. The highest BCUT2D eigenvalue weighted by Gasteiger charge is 2.41. The zero-order valence-corrected chi connectivity index (χ0v) is 20.0. The molecule has 3 aromatic carbocycles. The molecule has 0 aliphatic carbocycles. The number of hydrogen-bond acceptors (Lipinski definition) is 9. The van der Waals surface area contributed by atoms with Gasteiger partial charge in [0, 0.05) is 35.9 Å². The van der Waals surface area contributed by atoms with Crippen molar-refractivity contribution in [2.24, 2.45) is 0 Å². The Hall–Kier alpha value is -4.21. The average molecular weight is 506 g/mol. The van der Waals surface area contributed by atoms with Crippen LogP contribution in [-0.4, -0.2) is 37.2 Å². The molecular weight excluding hydrogens is 478 g/mol. The maximum absolute atomic E-state index is 12.9. The Bertz CT molecular complexity index is 1520. The molecule has 2 heterocycles. The van der Waals surface area contributed by atoms with Gasteiger partial charge in [0.25, 0.3) is 0 Å². The SMILES string of the molecule is C[C@]1(CCc2ccc(N)cc2)Oc2cc3oc([C@H](O)c4cc(O)cc(O)c4)cc(=O)c3c(O)c2C[C@H]1O. The van der Waals surface area contributed by atoms with E-state index in [0.717, 1.165) is 17.7 Å². The van der Waals surface area contributed by atoms with Crippen molar-refractivity contribution in [2.75, 3.05) is 5.73 Å². The summed E-state index contributed by atoms with van der Waals surface area (Å²) < 4.78 is 12.0. The minimum atomic E-state index is -1.47. The van der Waals surface area contributed by atoms with Crippen molar-refractivity contribution in [3.8, 4) is 23.0 Å². The van der Waals surface area contributed by atoms with Crippen LogP contribution in [-0.2, 0) is 12.8 Å². The van der Waals surface area contributed by atoms with Crippen LogP contribution in [0, 0.1) is 0 Å². The van der Waals surface area contributed by atoms with Crippen molar-refractivity contribution < 1.29 is 34.7 Å². The molecule has 5 rings (SSSR count). The van der Waals surface area contributed by atoms with E-state index in [-0.39, 0.29) is 51.7 Å². The first-order valence-electron chi connectivity index (χ1n) is 11.8. The van der Waals surface area contributed by atoms with Crippen molar-refractivity contribution in [3.63, 3.8) is 0 Å². The number of anilines is 1.